The van der Waals surface area contributed by atoms with Crippen LogP contribution in [0.2, 0.25) is 0 Å². The van der Waals surface area contributed by atoms with Crippen LogP contribution >= 0.6 is 0 Å². The number of rotatable bonds is 4. The Hall–Kier alpha value is -2.14. The summed E-state index contributed by atoms with van der Waals surface area (Å²) < 4.78 is 1.90. The first-order valence-corrected chi connectivity index (χ1v) is 7.67. The van der Waals surface area contributed by atoms with Gasteiger partial charge in [-0.2, -0.15) is 0 Å². The normalized spacial score (nSPS) is 21.0. The van der Waals surface area contributed by atoms with Gasteiger partial charge < -0.3 is 14.6 Å². The average Bonchev–Trinajstić information content (AvgIpc) is 3.19. The van der Waals surface area contributed by atoms with Crippen molar-refractivity contribution in [1.82, 2.24) is 14.5 Å². The Kier molecular flexibility index (Phi) is 4.24. The summed E-state index contributed by atoms with van der Waals surface area (Å²) in [4.78, 5) is 18.2. The van der Waals surface area contributed by atoms with Gasteiger partial charge in [-0.05, 0) is 37.1 Å². The number of aliphatic hydroxyl groups excluding tert-OH is 1. The zero-order valence-corrected chi connectivity index (χ0v) is 12.7. The number of carbonyl (C=O) groups is 1. The van der Waals surface area contributed by atoms with Crippen LogP contribution < -0.4 is 0 Å². The maximum Gasteiger partial charge on any atom is 0.253 e. The second-order valence-corrected chi connectivity index (χ2v) is 5.96. The maximum atomic E-state index is 12.5. The Bertz CT molecular complexity index is 622. The molecule has 0 radical (unpaired) electrons. The number of imidazole rings is 1. The molecule has 1 aliphatic rings. The number of hydrogen-bond donors (Lipinski definition) is 1. The Morgan fingerprint density at radius 1 is 1.36 bits per heavy atom. The van der Waals surface area contributed by atoms with Crippen molar-refractivity contribution in [1.29, 1.82) is 0 Å². The number of hydrogen-bond acceptors (Lipinski definition) is 3. The molecule has 22 heavy (non-hydrogen) atoms. The second-order valence-electron chi connectivity index (χ2n) is 5.96. The molecule has 0 bridgehead atoms. The highest BCUT2D eigenvalue weighted by Gasteiger charge is 2.27. The molecule has 5 heteroatoms. The minimum atomic E-state index is -0.265. The molecule has 1 aromatic carbocycles. The third-order valence-corrected chi connectivity index (χ3v) is 4.39. The van der Waals surface area contributed by atoms with Crippen LogP contribution in [-0.4, -0.2) is 45.2 Å². The molecule has 2 atom stereocenters. The van der Waals surface area contributed by atoms with E-state index in [-0.39, 0.29) is 17.9 Å². The van der Waals surface area contributed by atoms with Crippen LogP contribution in [0.3, 0.4) is 0 Å². The molecule has 3 rings (SSSR count). The lowest BCUT2D eigenvalue weighted by molar-refractivity contribution is 0.0693. The predicted octanol–water partition coefficient (Wildman–Crippen LogP) is 2.11. The monoisotopic (exact) mass is 299 g/mol. The van der Waals surface area contributed by atoms with Gasteiger partial charge in [-0.1, -0.05) is 6.42 Å². The van der Waals surface area contributed by atoms with Gasteiger partial charge >= 0.3 is 0 Å². The summed E-state index contributed by atoms with van der Waals surface area (Å²) in [6.45, 7) is 0.614. The van der Waals surface area contributed by atoms with Gasteiger partial charge in [0.25, 0.3) is 5.91 Å². The van der Waals surface area contributed by atoms with Gasteiger partial charge in [0.05, 0.1) is 12.4 Å². The fourth-order valence-corrected chi connectivity index (χ4v) is 3.07. The number of carbonyl (C=O) groups excluding carboxylic acids is 1. The molecule has 0 saturated heterocycles. The topological polar surface area (TPSA) is 58.4 Å². The molecule has 116 valence electrons. The lowest BCUT2D eigenvalue weighted by atomic mass is 10.1. The van der Waals surface area contributed by atoms with Gasteiger partial charge in [0.15, 0.2) is 0 Å². The molecule has 0 aliphatic heterocycles. The molecule has 1 amide bonds. The summed E-state index contributed by atoms with van der Waals surface area (Å²) in [6, 6.07) is 7.48. The third-order valence-electron chi connectivity index (χ3n) is 4.39. The average molecular weight is 299 g/mol. The lowest BCUT2D eigenvalue weighted by Crippen LogP contribution is -2.34. The highest BCUT2D eigenvalue weighted by molar-refractivity contribution is 5.94. The fraction of sp³-hybridized carbons (Fsp3) is 0.412. The predicted molar refractivity (Wildman–Crippen MR) is 83.9 cm³/mol. The summed E-state index contributed by atoms with van der Waals surface area (Å²) in [5.74, 6) is 0.204. The van der Waals surface area contributed by atoms with Crippen molar-refractivity contribution < 1.29 is 9.90 Å². The molecule has 1 aliphatic carbocycles. The van der Waals surface area contributed by atoms with Crippen LogP contribution in [-0.2, 0) is 0 Å². The van der Waals surface area contributed by atoms with Gasteiger partial charge in [-0.25, -0.2) is 4.98 Å². The van der Waals surface area contributed by atoms with E-state index in [1.165, 1.54) is 0 Å². The largest absolute Gasteiger partial charge is 0.393 e. The molecule has 0 spiro atoms. The molecule has 1 fully saturated rings. The van der Waals surface area contributed by atoms with E-state index in [9.17, 15) is 9.90 Å². The summed E-state index contributed by atoms with van der Waals surface area (Å²) in [5.41, 5.74) is 1.64. The van der Waals surface area contributed by atoms with Gasteiger partial charge in [0.1, 0.15) is 0 Å². The van der Waals surface area contributed by atoms with Crippen LogP contribution in [0.15, 0.2) is 43.0 Å². The van der Waals surface area contributed by atoms with E-state index in [0.717, 1.165) is 24.9 Å². The molecule has 5 nitrogen and oxygen atoms in total. The first-order chi connectivity index (χ1) is 10.6. The molecule has 2 unspecified atom stereocenters. The van der Waals surface area contributed by atoms with E-state index in [2.05, 4.69) is 4.98 Å². The van der Waals surface area contributed by atoms with Crippen molar-refractivity contribution in [2.75, 3.05) is 13.6 Å². The number of aliphatic hydroxyl groups is 1. The summed E-state index contributed by atoms with van der Waals surface area (Å²) >= 11 is 0. The van der Waals surface area contributed by atoms with Crippen LogP contribution in [0.5, 0.6) is 0 Å². The standard InChI is InChI=1S/C17H21N3O2/c1-19(11-14-3-2-4-16(14)21)17(22)13-5-7-15(8-6-13)20-10-9-18-12-20/h5-10,12,14,16,21H,2-4,11H2,1H3. The number of nitrogens with zero attached hydrogens (tertiary/aromatic N) is 3. The van der Waals surface area contributed by atoms with E-state index in [4.69, 9.17) is 0 Å². The zero-order chi connectivity index (χ0) is 15.5. The van der Waals surface area contributed by atoms with E-state index in [1.54, 1.807) is 24.5 Å². The molecule has 2 aromatic rings. The zero-order valence-electron chi connectivity index (χ0n) is 12.7. The van der Waals surface area contributed by atoms with Gasteiger partial charge in [0, 0.05) is 43.2 Å². The van der Waals surface area contributed by atoms with Crippen LogP contribution in [0.25, 0.3) is 5.69 Å². The Labute approximate surface area is 130 Å². The molecule has 1 saturated carbocycles. The van der Waals surface area contributed by atoms with Gasteiger partial charge in [-0.3, -0.25) is 4.79 Å². The lowest BCUT2D eigenvalue weighted by Gasteiger charge is -2.23. The molecule has 1 heterocycles. The van der Waals surface area contributed by atoms with E-state index >= 15 is 0 Å². The Balaban J connectivity index is 1.66. The smallest absolute Gasteiger partial charge is 0.253 e. The number of amides is 1. The van der Waals surface area contributed by atoms with E-state index in [1.807, 2.05) is 35.0 Å². The molecule has 1 aromatic heterocycles. The minimum absolute atomic E-state index is 0.00344. The van der Waals surface area contributed by atoms with Crippen molar-refractivity contribution in [3.8, 4) is 5.69 Å². The van der Waals surface area contributed by atoms with Crippen molar-refractivity contribution >= 4 is 5.91 Å². The van der Waals surface area contributed by atoms with Crippen molar-refractivity contribution in [2.24, 2.45) is 5.92 Å². The van der Waals surface area contributed by atoms with Crippen LogP contribution in [0, 0.1) is 5.92 Å². The summed E-state index contributed by atoms with van der Waals surface area (Å²) in [6.07, 6.45) is 7.95. The Morgan fingerprint density at radius 3 is 2.73 bits per heavy atom. The third kappa shape index (κ3) is 3.04. The number of benzene rings is 1. The quantitative estimate of drug-likeness (QED) is 0.940. The first-order valence-electron chi connectivity index (χ1n) is 7.67. The van der Waals surface area contributed by atoms with E-state index in [0.29, 0.717) is 12.1 Å². The van der Waals surface area contributed by atoms with Gasteiger partial charge in [0.2, 0.25) is 0 Å². The SMILES string of the molecule is CN(CC1CCCC1O)C(=O)c1ccc(-n2ccnc2)cc1. The molecule has 1 N–H and O–H groups in total. The van der Waals surface area contributed by atoms with Crippen molar-refractivity contribution in [2.45, 2.75) is 25.4 Å². The fourth-order valence-electron chi connectivity index (χ4n) is 3.07. The first kappa shape index (κ1) is 14.8. The summed E-state index contributed by atoms with van der Waals surface area (Å²) in [5, 5.41) is 9.89. The van der Waals surface area contributed by atoms with Crippen LogP contribution in [0.1, 0.15) is 29.6 Å². The Morgan fingerprint density at radius 2 is 2.14 bits per heavy atom. The van der Waals surface area contributed by atoms with Crippen LogP contribution in [0.4, 0.5) is 0 Å². The molecular weight excluding hydrogens is 278 g/mol. The van der Waals surface area contributed by atoms with E-state index < -0.39 is 0 Å². The minimum Gasteiger partial charge on any atom is -0.393 e. The summed E-state index contributed by atoms with van der Waals surface area (Å²) in [7, 11) is 1.80. The second kappa shape index (κ2) is 6.32. The molecular formula is C17H21N3O2. The van der Waals surface area contributed by atoms with Crippen molar-refractivity contribution in [3.63, 3.8) is 0 Å². The maximum absolute atomic E-state index is 12.5. The number of aromatic nitrogens is 2. The van der Waals surface area contributed by atoms with Crippen molar-refractivity contribution in [3.05, 3.63) is 48.5 Å². The van der Waals surface area contributed by atoms with Gasteiger partial charge in [-0.15, -0.1) is 0 Å². The highest BCUT2D eigenvalue weighted by Crippen LogP contribution is 2.26. The highest BCUT2D eigenvalue weighted by atomic mass is 16.3.